The fourth-order valence-corrected chi connectivity index (χ4v) is 4.00. The zero-order chi connectivity index (χ0) is 25.8. The number of rotatable bonds is 7. The van der Waals surface area contributed by atoms with E-state index in [9.17, 15) is 22.4 Å². The molecule has 0 aliphatic heterocycles. The normalized spacial score (nSPS) is 10.9. The lowest BCUT2D eigenvalue weighted by Crippen LogP contribution is -2.10. The fraction of sp³-hybridized carbons (Fsp3) is 0.167. The summed E-state index contributed by atoms with van der Waals surface area (Å²) in [4.78, 5) is 12.4. The van der Waals surface area contributed by atoms with Gasteiger partial charge in [-0.05, 0) is 53.3 Å². The fourth-order valence-electron chi connectivity index (χ4n) is 4.00. The molecule has 0 amide bonds. The van der Waals surface area contributed by atoms with Gasteiger partial charge in [0.15, 0.2) is 23.2 Å². The second kappa shape index (κ2) is 10.8. The van der Waals surface area contributed by atoms with Crippen molar-refractivity contribution in [2.24, 2.45) is 0 Å². The quantitative estimate of drug-likeness (QED) is 0.147. The van der Waals surface area contributed by atoms with Crippen molar-refractivity contribution in [3.63, 3.8) is 0 Å². The number of carbonyl (C=O) groups excluding carboxylic acids is 1. The molecule has 2 nitrogen and oxygen atoms in total. The van der Waals surface area contributed by atoms with Gasteiger partial charge in [-0.1, -0.05) is 74.9 Å². The molecule has 4 aromatic carbocycles. The molecule has 0 radical (unpaired) electrons. The van der Waals surface area contributed by atoms with E-state index in [2.05, 4.69) is 6.92 Å². The van der Waals surface area contributed by atoms with Crippen molar-refractivity contribution in [1.29, 1.82) is 0 Å². The number of carbonyl (C=O) groups is 1. The molecule has 36 heavy (non-hydrogen) atoms. The summed E-state index contributed by atoms with van der Waals surface area (Å²) in [5.41, 5.74) is 2.45. The summed E-state index contributed by atoms with van der Waals surface area (Å²) >= 11 is 0. The van der Waals surface area contributed by atoms with Gasteiger partial charge in [-0.25, -0.2) is 18.0 Å². The van der Waals surface area contributed by atoms with Gasteiger partial charge in [-0.3, -0.25) is 0 Å². The molecule has 0 atom stereocenters. The zero-order valence-electron chi connectivity index (χ0n) is 19.9. The lowest BCUT2D eigenvalue weighted by atomic mass is 9.97. The zero-order valence-corrected chi connectivity index (χ0v) is 19.9. The Labute approximate surface area is 207 Å². The monoisotopic (exact) mass is 492 g/mol. The first-order valence-electron chi connectivity index (χ1n) is 11.7. The third kappa shape index (κ3) is 5.03. The second-order valence-electron chi connectivity index (χ2n) is 8.41. The first-order chi connectivity index (χ1) is 17.3. The van der Waals surface area contributed by atoms with Crippen molar-refractivity contribution in [1.82, 2.24) is 0 Å². The van der Waals surface area contributed by atoms with E-state index in [1.165, 1.54) is 48.5 Å². The number of esters is 1. The molecular formula is C30H24F4O2. The van der Waals surface area contributed by atoms with Gasteiger partial charge in [0, 0.05) is 11.1 Å². The molecule has 184 valence electrons. The SMILES string of the molecule is CCCc1ccc(-c2ccc(-c3ccc(C(=O)Oc4ccc(CC)c(F)c4F)cc3)c(F)c2F)cc1. The molecule has 0 fully saturated rings. The summed E-state index contributed by atoms with van der Waals surface area (Å²) in [7, 11) is 0. The van der Waals surface area contributed by atoms with Gasteiger partial charge in [0.2, 0.25) is 5.82 Å². The molecule has 0 saturated carbocycles. The first-order valence-corrected chi connectivity index (χ1v) is 11.7. The Hall–Kier alpha value is -3.93. The van der Waals surface area contributed by atoms with E-state index < -0.39 is 35.0 Å². The molecule has 6 heteroatoms. The standard InChI is InChI=1S/C30H24F4O2/c1-3-5-18-6-8-20(9-7-18)23-15-16-24(28(33)27(23)32)21-10-12-22(13-11-21)30(35)36-25-17-14-19(4-2)26(31)29(25)34/h6-17H,3-5H2,1-2H3. The van der Waals surface area contributed by atoms with Gasteiger partial charge in [0.25, 0.3) is 0 Å². The molecule has 4 aromatic rings. The van der Waals surface area contributed by atoms with E-state index in [4.69, 9.17) is 4.74 Å². The number of aryl methyl sites for hydroxylation is 2. The van der Waals surface area contributed by atoms with Crippen LogP contribution in [0.3, 0.4) is 0 Å². The van der Waals surface area contributed by atoms with Crippen LogP contribution >= 0.6 is 0 Å². The number of halogens is 4. The predicted octanol–water partition coefficient (Wildman–Crippen LogP) is 8.31. The van der Waals surface area contributed by atoms with Crippen molar-refractivity contribution in [3.8, 4) is 28.0 Å². The minimum Gasteiger partial charge on any atom is -0.420 e. The predicted molar refractivity (Wildman–Crippen MR) is 132 cm³/mol. The smallest absolute Gasteiger partial charge is 0.343 e. The Morgan fingerprint density at radius 1 is 0.667 bits per heavy atom. The second-order valence-corrected chi connectivity index (χ2v) is 8.41. The van der Waals surface area contributed by atoms with Crippen LogP contribution in [0.4, 0.5) is 17.6 Å². The lowest BCUT2D eigenvalue weighted by molar-refractivity contribution is 0.0726. The highest BCUT2D eigenvalue weighted by Crippen LogP contribution is 2.32. The molecule has 0 bridgehead atoms. The summed E-state index contributed by atoms with van der Waals surface area (Å²) in [6.07, 6.45) is 2.20. The average Bonchev–Trinajstić information content (AvgIpc) is 2.89. The maximum Gasteiger partial charge on any atom is 0.343 e. The minimum absolute atomic E-state index is 0.0297. The van der Waals surface area contributed by atoms with Gasteiger partial charge in [0.05, 0.1) is 5.56 Å². The van der Waals surface area contributed by atoms with Crippen molar-refractivity contribution in [2.75, 3.05) is 0 Å². The Kier molecular flexibility index (Phi) is 7.53. The van der Waals surface area contributed by atoms with E-state index in [-0.39, 0.29) is 22.3 Å². The molecule has 0 N–H and O–H groups in total. The van der Waals surface area contributed by atoms with Crippen molar-refractivity contribution >= 4 is 5.97 Å². The van der Waals surface area contributed by atoms with Gasteiger partial charge >= 0.3 is 5.97 Å². The van der Waals surface area contributed by atoms with E-state index in [1.807, 2.05) is 12.1 Å². The van der Waals surface area contributed by atoms with Crippen molar-refractivity contribution < 1.29 is 27.1 Å². The summed E-state index contributed by atoms with van der Waals surface area (Å²) in [5.74, 6) is -5.70. The van der Waals surface area contributed by atoms with Crippen molar-refractivity contribution in [2.45, 2.75) is 33.1 Å². The maximum atomic E-state index is 15.0. The molecule has 0 aliphatic rings. The highest BCUT2D eigenvalue weighted by Gasteiger charge is 2.19. The first kappa shape index (κ1) is 25.2. The van der Waals surface area contributed by atoms with Gasteiger partial charge in [0.1, 0.15) is 0 Å². The summed E-state index contributed by atoms with van der Waals surface area (Å²) in [6, 6.07) is 18.5. The summed E-state index contributed by atoms with van der Waals surface area (Å²) in [5, 5.41) is 0. The van der Waals surface area contributed by atoms with Crippen LogP contribution in [0.5, 0.6) is 5.75 Å². The Morgan fingerprint density at radius 2 is 1.22 bits per heavy atom. The molecule has 0 aromatic heterocycles. The maximum absolute atomic E-state index is 15.0. The summed E-state index contributed by atoms with van der Waals surface area (Å²) < 4.78 is 63.1. The van der Waals surface area contributed by atoms with Gasteiger partial charge in [-0.15, -0.1) is 0 Å². The molecule has 0 aliphatic carbocycles. The number of benzene rings is 4. The summed E-state index contributed by atoms with van der Waals surface area (Å²) in [6.45, 7) is 3.75. The Bertz CT molecular complexity index is 1390. The van der Waals surface area contributed by atoms with E-state index >= 15 is 0 Å². The van der Waals surface area contributed by atoms with Crippen LogP contribution in [0.15, 0.2) is 72.8 Å². The highest BCUT2D eigenvalue weighted by atomic mass is 19.2. The Balaban J connectivity index is 1.54. The van der Waals surface area contributed by atoms with E-state index in [1.54, 1.807) is 19.1 Å². The molecule has 4 rings (SSSR count). The number of ether oxygens (including phenoxy) is 1. The third-order valence-corrected chi connectivity index (χ3v) is 6.03. The minimum atomic E-state index is -1.24. The highest BCUT2D eigenvalue weighted by molar-refractivity contribution is 5.91. The van der Waals surface area contributed by atoms with Crippen LogP contribution in [-0.2, 0) is 12.8 Å². The van der Waals surface area contributed by atoms with Crippen LogP contribution in [0.2, 0.25) is 0 Å². The van der Waals surface area contributed by atoms with Crippen LogP contribution in [0.25, 0.3) is 22.3 Å². The Morgan fingerprint density at radius 3 is 1.75 bits per heavy atom. The molecule has 0 heterocycles. The average molecular weight is 493 g/mol. The van der Waals surface area contributed by atoms with Crippen LogP contribution in [-0.4, -0.2) is 5.97 Å². The third-order valence-electron chi connectivity index (χ3n) is 6.03. The van der Waals surface area contributed by atoms with Crippen LogP contribution in [0.1, 0.15) is 41.8 Å². The number of hydrogen-bond acceptors (Lipinski definition) is 2. The largest absolute Gasteiger partial charge is 0.420 e. The van der Waals surface area contributed by atoms with E-state index in [0.717, 1.165) is 18.4 Å². The van der Waals surface area contributed by atoms with Gasteiger partial charge < -0.3 is 4.74 Å². The molecule has 0 unspecified atom stereocenters. The van der Waals surface area contributed by atoms with Crippen molar-refractivity contribution in [3.05, 3.63) is 113 Å². The number of hydrogen-bond donors (Lipinski definition) is 0. The van der Waals surface area contributed by atoms with Gasteiger partial charge in [-0.2, -0.15) is 4.39 Å². The molecule has 0 saturated heterocycles. The van der Waals surface area contributed by atoms with E-state index in [0.29, 0.717) is 17.5 Å². The van der Waals surface area contributed by atoms with Crippen LogP contribution in [0, 0.1) is 23.3 Å². The molecular weight excluding hydrogens is 468 g/mol. The topological polar surface area (TPSA) is 26.3 Å². The molecule has 0 spiro atoms. The lowest BCUT2D eigenvalue weighted by Gasteiger charge is -2.11. The van der Waals surface area contributed by atoms with Crippen LogP contribution < -0.4 is 4.74 Å².